The predicted molar refractivity (Wildman–Crippen MR) is 164 cm³/mol. The highest BCUT2D eigenvalue weighted by molar-refractivity contribution is 6.31. The quantitative estimate of drug-likeness (QED) is 0.259. The highest BCUT2D eigenvalue weighted by Gasteiger charge is 2.35. The number of aryl methyl sites for hydroxylation is 1. The van der Waals surface area contributed by atoms with Gasteiger partial charge in [0.25, 0.3) is 0 Å². The maximum atomic E-state index is 15.3. The zero-order chi connectivity index (χ0) is 28.7. The monoisotopic (exact) mass is 552 g/mol. The Morgan fingerprint density at radius 1 is 1.21 bits per heavy atom. The number of likely N-dealkylation sites (N-methyl/N-ethyl adjacent to an activating group) is 1. The summed E-state index contributed by atoms with van der Waals surface area (Å²) in [4.78, 5) is 4.69. The molecule has 7 heteroatoms. The van der Waals surface area contributed by atoms with Gasteiger partial charge in [-0.2, -0.15) is 5.10 Å². The van der Waals surface area contributed by atoms with E-state index < -0.39 is 0 Å². The molecule has 1 N–H and O–H groups in total. The first-order valence-electron chi connectivity index (χ1n) is 13.4. The van der Waals surface area contributed by atoms with E-state index in [1.54, 1.807) is 6.07 Å². The van der Waals surface area contributed by atoms with Crippen molar-refractivity contribution in [2.45, 2.75) is 58.0 Å². The van der Waals surface area contributed by atoms with Crippen LogP contribution in [-0.4, -0.2) is 49.6 Å². The van der Waals surface area contributed by atoms with Gasteiger partial charge < -0.3 is 9.64 Å². The smallest absolute Gasteiger partial charge is 0.127 e. The highest BCUT2D eigenvalue weighted by atomic mass is 35.5. The second-order valence-electron chi connectivity index (χ2n) is 10.3. The van der Waals surface area contributed by atoms with Crippen molar-refractivity contribution in [2.75, 3.05) is 31.8 Å². The molecule has 0 bridgehead atoms. The Balaban J connectivity index is 0.00000205. The lowest BCUT2D eigenvalue weighted by molar-refractivity contribution is 0.0811. The summed E-state index contributed by atoms with van der Waals surface area (Å²) in [6.45, 7) is 22.3. The van der Waals surface area contributed by atoms with E-state index in [1.807, 2.05) is 44.2 Å². The van der Waals surface area contributed by atoms with Crippen LogP contribution in [0.5, 0.6) is 0 Å². The van der Waals surface area contributed by atoms with Gasteiger partial charge in [0.15, 0.2) is 0 Å². The van der Waals surface area contributed by atoms with Gasteiger partial charge >= 0.3 is 0 Å². The third-order valence-corrected chi connectivity index (χ3v) is 7.99. The molecule has 2 unspecified atom stereocenters. The molecule has 2 aromatic carbocycles. The van der Waals surface area contributed by atoms with E-state index in [2.05, 4.69) is 60.6 Å². The molecule has 5 nitrogen and oxygen atoms in total. The molecule has 39 heavy (non-hydrogen) atoms. The van der Waals surface area contributed by atoms with Crippen molar-refractivity contribution in [1.82, 2.24) is 10.3 Å². The molecule has 0 saturated carbocycles. The summed E-state index contributed by atoms with van der Waals surface area (Å²) in [5.74, 6) is -0.310. The number of hydrazone groups is 1. The zero-order valence-electron chi connectivity index (χ0n) is 23.8. The first kappa shape index (κ1) is 30.6. The Bertz CT molecular complexity index is 1210. The molecule has 1 saturated heterocycles. The van der Waals surface area contributed by atoms with Gasteiger partial charge in [-0.1, -0.05) is 49.9 Å². The van der Waals surface area contributed by atoms with Gasteiger partial charge in [-0.05, 0) is 74.2 Å². The summed E-state index contributed by atoms with van der Waals surface area (Å²) in [7, 11) is 2.10. The Morgan fingerprint density at radius 3 is 2.51 bits per heavy atom. The fourth-order valence-electron chi connectivity index (χ4n) is 5.72. The van der Waals surface area contributed by atoms with Crippen LogP contribution in [0.4, 0.5) is 10.1 Å². The molecule has 0 aromatic heterocycles. The Hall–Kier alpha value is -2.93. The predicted octanol–water partition coefficient (Wildman–Crippen LogP) is 7.45. The van der Waals surface area contributed by atoms with Crippen molar-refractivity contribution >= 4 is 29.1 Å². The molecular formula is C32H42ClFN4O. The van der Waals surface area contributed by atoms with Crippen LogP contribution >= 0.6 is 11.6 Å². The second-order valence-corrected chi connectivity index (χ2v) is 10.7. The van der Waals surface area contributed by atoms with E-state index in [4.69, 9.17) is 16.3 Å². The number of allylic oxidation sites excluding steroid dienone is 1. The van der Waals surface area contributed by atoms with Crippen LogP contribution in [0.1, 0.15) is 54.4 Å². The first-order valence-corrected chi connectivity index (χ1v) is 13.8. The third-order valence-electron chi connectivity index (χ3n) is 7.76. The molecule has 0 spiro atoms. The zero-order valence-corrected chi connectivity index (χ0v) is 24.5. The SMILES string of the molecule is C=C.C=Cc1ccc(Cl)cc1N(CN(C)C(C1=NNC(=C)C1)C(C)c1c(F)ccc(C)c1C)C1CCOCC1. The van der Waals surface area contributed by atoms with E-state index in [9.17, 15) is 0 Å². The van der Waals surface area contributed by atoms with Crippen LogP contribution < -0.4 is 10.3 Å². The van der Waals surface area contributed by atoms with E-state index in [0.717, 1.165) is 65.4 Å². The molecule has 0 aliphatic carbocycles. The molecule has 2 aromatic rings. The Labute approximate surface area is 238 Å². The van der Waals surface area contributed by atoms with Crippen LogP contribution in [0.15, 0.2) is 67.4 Å². The number of hydrogen-bond donors (Lipinski definition) is 1. The summed E-state index contributed by atoms with van der Waals surface area (Å²) in [5, 5.41) is 5.32. The number of halogens is 2. The minimum atomic E-state index is -0.176. The lowest BCUT2D eigenvalue weighted by Crippen LogP contribution is -2.51. The van der Waals surface area contributed by atoms with Gasteiger partial charge in [0.1, 0.15) is 5.82 Å². The van der Waals surface area contributed by atoms with Crippen LogP contribution in [0.25, 0.3) is 6.08 Å². The van der Waals surface area contributed by atoms with Crippen molar-refractivity contribution < 1.29 is 9.13 Å². The molecule has 2 aliphatic rings. The molecule has 0 radical (unpaired) electrons. The summed E-state index contributed by atoms with van der Waals surface area (Å²) >= 11 is 6.48. The normalized spacial score (nSPS) is 17.1. The number of nitrogens with zero attached hydrogens (tertiary/aromatic N) is 3. The maximum Gasteiger partial charge on any atom is 0.127 e. The minimum absolute atomic E-state index is 0.133. The molecule has 4 rings (SSSR count). The van der Waals surface area contributed by atoms with Gasteiger partial charge in [0.05, 0.1) is 18.4 Å². The van der Waals surface area contributed by atoms with Gasteiger partial charge in [-0.25, -0.2) is 4.39 Å². The van der Waals surface area contributed by atoms with Crippen molar-refractivity contribution in [3.05, 3.63) is 95.4 Å². The molecule has 2 aliphatic heterocycles. The topological polar surface area (TPSA) is 40.1 Å². The largest absolute Gasteiger partial charge is 0.381 e. The van der Waals surface area contributed by atoms with Gasteiger partial charge in [0.2, 0.25) is 0 Å². The van der Waals surface area contributed by atoms with Crippen molar-refractivity contribution in [3.63, 3.8) is 0 Å². The Kier molecular flexibility index (Phi) is 10.9. The lowest BCUT2D eigenvalue weighted by atomic mass is 9.84. The molecule has 0 amide bonds. The van der Waals surface area contributed by atoms with Crippen LogP contribution in [-0.2, 0) is 4.74 Å². The second kappa shape index (κ2) is 13.9. The first-order chi connectivity index (χ1) is 18.7. The van der Waals surface area contributed by atoms with Crippen LogP contribution in [0, 0.1) is 19.7 Å². The number of hydrogen-bond acceptors (Lipinski definition) is 5. The summed E-state index contributed by atoms with van der Waals surface area (Å²) in [5.41, 5.74) is 9.74. The number of rotatable bonds is 9. The van der Waals surface area contributed by atoms with Crippen LogP contribution in [0.2, 0.25) is 5.02 Å². The molecule has 210 valence electrons. The molecular weight excluding hydrogens is 511 g/mol. The number of ether oxygens (including phenoxy) is 1. The minimum Gasteiger partial charge on any atom is -0.381 e. The van der Waals surface area contributed by atoms with E-state index in [0.29, 0.717) is 18.1 Å². The third kappa shape index (κ3) is 6.99. The van der Waals surface area contributed by atoms with Gasteiger partial charge in [-0.15, -0.1) is 13.2 Å². The number of nitrogens with one attached hydrogen (secondary N) is 1. The molecule has 2 atom stereocenters. The number of benzene rings is 2. The summed E-state index contributed by atoms with van der Waals surface area (Å²) in [6.07, 6.45) is 4.35. The van der Waals surface area contributed by atoms with Crippen molar-refractivity contribution in [2.24, 2.45) is 5.10 Å². The fraction of sp³-hybridized carbons (Fsp3) is 0.406. The molecule has 1 fully saturated rings. The van der Waals surface area contributed by atoms with E-state index >= 15 is 4.39 Å². The van der Waals surface area contributed by atoms with Gasteiger partial charge in [-0.3, -0.25) is 10.3 Å². The standard InChI is InChI=1S/C30H38ClFN4O.C2H4/c1-7-23-9-10-24(31)17-28(23)36(25-12-14-37-15-13-25)18-35(6)30(27-16-20(3)33-34-27)22(5)29-21(4)19(2)8-11-26(29)32;1-2/h7-11,17,22,25,30,33H,1,3,12-16,18H2,2,4-6H3;1-2H2. The highest BCUT2D eigenvalue weighted by Crippen LogP contribution is 2.35. The van der Waals surface area contributed by atoms with Crippen LogP contribution in [0.3, 0.4) is 0 Å². The fourth-order valence-corrected chi connectivity index (χ4v) is 5.88. The average molecular weight is 553 g/mol. The van der Waals surface area contributed by atoms with Gasteiger partial charge in [0, 0.05) is 48.0 Å². The summed E-state index contributed by atoms with van der Waals surface area (Å²) in [6, 6.07) is 9.48. The average Bonchev–Trinajstić information content (AvgIpc) is 3.36. The molecule has 2 heterocycles. The van der Waals surface area contributed by atoms with E-state index in [1.165, 1.54) is 0 Å². The van der Waals surface area contributed by atoms with Crippen molar-refractivity contribution in [3.8, 4) is 0 Å². The lowest BCUT2D eigenvalue weighted by Gasteiger charge is -2.42. The van der Waals surface area contributed by atoms with Crippen molar-refractivity contribution in [1.29, 1.82) is 0 Å². The maximum absolute atomic E-state index is 15.3. The van der Waals surface area contributed by atoms with E-state index in [-0.39, 0.29) is 23.8 Å². The summed E-state index contributed by atoms with van der Waals surface area (Å²) < 4.78 is 21.0. The number of anilines is 1. The Morgan fingerprint density at radius 2 is 1.90 bits per heavy atom.